The standard InChI is InChI=1S/C25H25ClN2O2/c1-19(30-22-9-3-2-4-10-22)25-27-23-11-5-6-12-24(23)28(25)17-7-8-18-29-21-15-13-20(26)14-16-21/h2-6,9-16,19H,7-8,17-18H2,1H3. The third-order valence-electron chi connectivity index (χ3n) is 4.96. The molecule has 5 heteroatoms. The van der Waals surface area contributed by atoms with Gasteiger partial charge in [0.15, 0.2) is 11.9 Å². The summed E-state index contributed by atoms with van der Waals surface area (Å²) in [7, 11) is 0. The number of hydrogen-bond donors (Lipinski definition) is 0. The van der Waals surface area contributed by atoms with E-state index in [1.165, 1.54) is 0 Å². The van der Waals surface area contributed by atoms with Gasteiger partial charge in [0.1, 0.15) is 11.5 Å². The fourth-order valence-electron chi connectivity index (χ4n) is 3.49. The van der Waals surface area contributed by atoms with Gasteiger partial charge >= 0.3 is 0 Å². The number of nitrogens with zero attached hydrogens (tertiary/aromatic N) is 2. The number of halogens is 1. The molecule has 0 aliphatic carbocycles. The molecule has 30 heavy (non-hydrogen) atoms. The number of ether oxygens (including phenoxy) is 2. The molecule has 154 valence electrons. The van der Waals surface area contributed by atoms with E-state index in [2.05, 4.69) is 16.7 Å². The fourth-order valence-corrected chi connectivity index (χ4v) is 3.61. The Morgan fingerprint density at radius 2 is 1.60 bits per heavy atom. The molecule has 4 nitrogen and oxygen atoms in total. The van der Waals surface area contributed by atoms with Crippen molar-refractivity contribution in [1.29, 1.82) is 0 Å². The average Bonchev–Trinajstić information content (AvgIpc) is 3.14. The minimum atomic E-state index is -0.148. The molecule has 1 atom stereocenters. The molecule has 0 aliphatic heterocycles. The first-order valence-corrected chi connectivity index (χ1v) is 10.6. The first-order chi connectivity index (χ1) is 14.7. The number of aryl methyl sites for hydroxylation is 1. The Balaban J connectivity index is 1.41. The van der Waals surface area contributed by atoms with Crippen LogP contribution in [0.4, 0.5) is 0 Å². The van der Waals surface area contributed by atoms with Gasteiger partial charge in [-0.1, -0.05) is 41.9 Å². The summed E-state index contributed by atoms with van der Waals surface area (Å²) < 4.78 is 14.2. The van der Waals surface area contributed by atoms with E-state index in [-0.39, 0.29) is 6.10 Å². The fraction of sp³-hybridized carbons (Fsp3) is 0.240. The van der Waals surface area contributed by atoms with Crippen LogP contribution in [-0.4, -0.2) is 16.2 Å². The number of fused-ring (bicyclic) bond motifs is 1. The van der Waals surface area contributed by atoms with Crippen LogP contribution in [0.15, 0.2) is 78.9 Å². The van der Waals surface area contributed by atoms with Gasteiger partial charge in [-0.25, -0.2) is 4.98 Å². The Kier molecular flexibility index (Phi) is 6.55. The van der Waals surface area contributed by atoms with Gasteiger partial charge in [-0.3, -0.25) is 0 Å². The summed E-state index contributed by atoms with van der Waals surface area (Å²) in [5.74, 6) is 2.64. The number of rotatable bonds is 9. The third-order valence-corrected chi connectivity index (χ3v) is 5.21. The SMILES string of the molecule is CC(Oc1ccccc1)c1nc2ccccc2n1CCCCOc1ccc(Cl)cc1. The van der Waals surface area contributed by atoms with Crippen molar-refractivity contribution < 1.29 is 9.47 Å². The minimum Gasteiger partial charge on any atom is -0.494 e. The van der Waals surface area contributed by atoms with E-state index in [9.17, 15) is 0 Å². The predicted molar refractivity (Wildman–Crippen MR) is 121 cm³/mol. The van der Waals surface area contributed by atoms with Crippen molar-refractivity contribution in [3.05, 3.63) is 89.7 Å². The lowest BCUT2D eigenvalue weighted by atomic mass is 10.2. The highest BCUT2D eigenvalue weighted by Crippen LogP contribution is 2.25. The Morgan fingerprint density at radius 1 is 0.867 bits per heavy atom. The number of benzene rings is 3. The molecule has 3 aromatic carbocycles. The molecule has 0 saturated heterocycles. The van der Waals surface area contributed by atoms with Crippen LogP contribution >= 0.6 is 11.6 Å². The zero-order chi connectivity index (χ0) is 20.8. The van der Waals surface area contributed by atoms with Crippen molar-refractivity contribution >= 4 is 22.6 Å². The van der Waals surface area contributed by atoms with Crippen LogP contribution in [0.3, 0.4) is 0 Å². The molecule has 0 N–H and O–H groups in total. The van der Waals surface area contributed by atoms with Crippen LogP contribution in [0, 0.1) is 0 Å². The van der Waals surface area contributed by atoms with E-state index < -0.39 is 0 Å². The largest absolute Gasteiger partial charge is 0.494 e. The molecule has 1 unspecified atom stereocenters. The van der Waals surface area contributed by atoms with Crippen molar-refractivity contribution in [3.63, 3.8) is 0 Å². The van der Waals surface area contributed by atoms with Crippen molar-refractivity contribution in [2.45, 2.75) is 32.4 Å². The van der Waals surface area contributed by atoms with Gasteiger partial charge in [0.25, 0.3) is 0 Å². The van der Waals surface area contributed by atoms with Gasteiger partial charge in [-0.05, 0) is 68.3 Å². The van der Waals surface area contributed by atoms with Crippen LogP contribution in [0.5, 0.6) is 11.5 Å². The van der Waals surface area contributed by atoms with Crippen LogP contribution in [0.2, 0.25) is 5.02 Å². The summed E-state index contributed by atoms with van der Waals surface area (Å²) >= 11 is 5.92. The van der Waals surface area contributed by atoms with Gasteiger partial charge in [0, 0.05) is 11.6 Å². The Morgan fingerprint density at radius 3 is 2.40 bits per heavy atom. The van der Waals surface area contributed by atoms with Gasteiger partial charge in [-0.2, -0.15) is 0 Å². The number of para-hydroxylation sites is 3. The van der Waals surface area contributed by atoms with E-state index in [0.717, 1.165) is 47.7 Å². The molecule has 4 aromatic rings. The number of unbranched alkanes of at least 4 members (excludes halogenated alkanes) is 1. The molecule has 4 rings (SSSR count). The molecule has 0 spiro atoms. The highest BCUT2D eigenvalue weighted by atomic mass is 35.5. The van der Waals surface area contributed by atoms with Crippen molar-refractivity contribution in [2.24, 2.45) is 0 Å². The lowest BCUT2D eigenvalue weighted by Gasteiger charge is -2.17. The lowest BCUT2D eigenvalue weighted by Crippen LogP contribution is -2.12. The van der Waals surface area contributed by atoms with Gasteiger partial charge in [0.05, 0.1) is 17.6 Å². The van der Waals surface area contributed by atoms with Crippen molar-refractivity contribution in [2.75, 3.05) is 6.61 Å². The first-order valence-electron chi connectivity index (χ1n) is 10.3. The zero-order valence-corrected chi connectivity index (χ0v) is 17.8. The highest BCUT2D eigenvalue weighted by molar-refractivity contribution is 6.30. The normalized spacial score (nSPS) is 12.1. The molecule has 1 heterocycles. The molecule has 0 aliphatic rings. The Labute approximate surface area is 182 Å². The first kappa shape index (κ1) is 20.3. The molecule has 1 aromatic heterocycles. The summed E-state index contributed by atoms with van der Waals surface area (Å²) in [4.78, 5) is 4.86. The highest BCUT2D eigenvalue weighted by Gasteiger charge is 2.17. The monoisotopic (exact) mass is 420 g/mol. The molecule has 0 amide bonds. The van der Waals surface area contributed by atoms with Gasteiger partial charge in [0.2, 0.25) is 0 Å². The molecular weight excluding hydrogens is 396 g/mol. The number of hydrogen-bond acceptors (Lipinski definition) is 3. The third kappa shape index (κ3) is 4.95. The zero-order valence-electron chi connectivity index (χ0n) is 17.0. The maximum absolute atomic E-state index is 6.15. The van der Waals surface area contributed by atoms with E-state index in [1.807, 2.05) is 73.7 Å². The summed E-state index contributed by atoms with van der Waals surface area (Å²) in [6.45, 7) is 3.58. The van der Waals surface area contributed by atoms with Crippen LogP contribution in [0.25, 0.3) is 11.0 Å². The lowest BCUT2D eigenvalue weighted by molar-refractivity contribution is 0.211. The second kappa shape index (κ2) is 9.68. The average molecular weight is 421 g/mol. The van der Waals surface area contributed by atoms with Gasteiger partial charge in [-0.15, -0.1) is 0 Å². The number of imidazole rings is 1. The molecule has 0 fully saturated rings. The second-order valence-corrected chi connectivity index (χ2v) is 7.63. The maximum Gasteiger partial charge on any atom is 0.153 e. The van der Waals surface area contributed by atoms with E-state index in [0.29, 0.717) is 11.6 Å². The quantitative estimate of drug-likeness (QED) is 0.283. The topological polar surface area (TPSA) is 36.3 Å². The Bertz CT molecular complexity index is 1080. The summed E-state index contributed by atoms with van der Waals surface area (Å²) in [5.41, 5.74) is 2.13. The van der Waals surface area contributed by atoms with Crippen LogP contribution < -0.4 is 9.47 Å². The smallest absolute Gasteiger partial charge is 0.153 e. The second-order valence-electron chi connectivity index (χ2n) is 7.19. The summed E-state index contributed by atoms with van der Waals surface area (Å²) in [6, 6.07) is 25.6. The van der Waals surface area contributed by atoms with E-state index in [1.54, 1.807) is 0 Å². The molecule has 0 radical (unpaired) electrons. The van der Waals surface area contributed by atoms with Gasteiger partial charge < -0.3 is 14.0 Å². The number of aromatic nitrogens is 2. The van der Waals surface area contributed by atoms with Crippen LogP contribution in [0.1, 0.15) is 31.7 Å². The minimum absolute atomic E-state index is 0.148. The molecular formula is C25H25ClN2O2. The predicted octanol–water partition coefficient (Wildman–Crippen LogP) is 6.69. The van der Waals surface area contributed by atoms with E-state index >= 15 is 0 Å². The molecule has 0 saturated carbocycles. The van der Waals surface area contributed by atoms with Crippen molar-refractivity contribution in [3.8, 4) is 11.5 Å². The molecule has 0 bridgehead atoms. The van der Waals surface area contributed by atoms with Crippen LogP contribution in [-0.2, 0) is 6.54 Å². The summed E-state index contributed by atoms with van der Waals surface area (Å²) in [5, 5.41) is 0.716. The summed E-state index contributed by atoms with van der Waals surface area (Å²) in [6.07, 6.45) is 1.78. The maximum atomic E-state index is 6.15. The Hall–Kier alpha value is -2.98. The van der Waals surface area contributed by atoms with E-state index in [4.69, 9.17) is 26.1 Å². The van der Waals surface area contributed by atoms with Crippen molar-refractivity contribution in [1.82, 2.24) is 9.55 Å².